The predicted octanol–water partition coefficient (Wildman–Crippen LogP) is 1.24. The van der Waals surface area contributed by atoms with Crippen molar-refractivity contribution in [3.05, 3.63) is 10.6 Å². The van der Waals surface area contributed by atoms with E-state index in [-0.39, 0.29) is 32.7 Å². The largest absolute Gasteiger partial charge is 0.668 e. The van der Waals surface area contributed by atoms with E-state index in [1.54, 1.807) is 28.2 Å². The second-order valence-electron chi connectivity index (χ2n) is 0.894. The van der Waals surface area contributed by atoms with Gasteiger partial charge in [-0.05, 0) is 0 Å². The van der Waals surface area contributed by atoms with Gasteiger partial charge < -0.3 is 10.6 Å². The zero-order valence-corrected chi connectivity index (χ0v) is 8.31. The van der Waals surface area contributed by atoms with Crippen LogP contribution in [-0.2, 0) is 32.7 Å². The molecular formula is C4H12N2Y-2. The summed E-state index contributed by atoms with van der Waals surface area (Å²) in [6.45, 7) is 0. The Balaban J connectivity index is -0.0000000400. The molecule has 2 nitrogen and oxygen atoms in total. The average molecular weight is 177 g/mol. The van der Waals surface area contributed by atoms with Crippen LogP contribution in [0.2, 0.25) is 0 Å². The molecule has 0 aliphatic rings. The number of hydrogen-bond acceptors (Lipinski definition) is 0. The van der Waals surface area contributed by atoms with E-state index >= 15 is 0 Å². The van der Waals surface area contributed by atoms with Crippen LogP contribution in [0.4, 0.5) is 0 Å². The molecule has 0 spiro atoms. The van der Waals surface area contributed by atoms with Gasteiger partial charge in [0.1, 0.15) is 0 Å². The maximum absolute atomic E-state index is 3.50. The zero-order chi connectivity index (χ0) is 5.41. The van der Waals surface area contributed by atoms with Gasteiger partial charge in [0.05, 0.1) is 0 Å². The van der Waals surface area contributed by atoms with Crippen LogP contribution in [0.15, 0.2) is 0 Å². The van der Waals surface area contributed by atoms with Gasteiger partial charge in [-0.3, -0.25) is 0 Å². The average Bonchev–Trinajstić information content (AvgIpc) is 1.39. The van der Waals surface area contributed by atoms with Gasteiger partial charge in [-0.1, -0.05) is 0 Å². The third-order valence-electron chi connectivity index (χ3n) is 0. The van der Waals surface area contributed by atoms with Crippen LogP contribution in [0.3, 0.4) is 0 Å². The van der Waals surface area contributed by atoms with Gasteiger partial charge in [0.25, 0.3) is 0 Å². The summed E-state index contributed by atoms with van der Waals surface area (Å²) in [7, 11) is 7.00. The molecule has 0 N–H and O–H groups in total. The molecule has 0 atom stereocenters. The van der Waals surface area contributed by atoms with E-state index in [2.05, 4.69) is 10.6 Å². The summed E-state index contributed by atoms with van der Waals surface area (Å²) < 4.78 is 0. The Morgan fingerprint density at radius 1 is 0.714 bits per heavy atom. The molecule has 0 unspecified atom stereocenters. The van der Waals surface area contributed by atoms with Crippen LogP contribution in [-0.4, -0.2) is 28.2 Å². The first-order valence-corrected chi connectivity index (χ1v) is 1.79. The molecule has 0 aromatic heterocycles. The number of nitrogens with zero attached hydrogens (tertiary/aromatic N) is 2. The maximum atomic E-state index is 3.50. The third-order valence-corrected chi connectivity index (χ3v) is 0. The monoisotopic (exact) mass is 177 g/mol. The third kappa shape index (κ3) is 169. The van der Waals surface area contributed by atoms with E-state index in [1.807, 2.05) is 0 Å². The predicted molar refractivity (Wildman–Crippen MR) is 30.4 cm³/mol. The minimum Gasteiger partial charge on any atom is -0.668 e. The van der Waals surface area contributed by atoms with Crippen molar-refractivity contribution in [3.8, 4) is 0 Å². The maximum Gasteiger partial charge on any atom is 0 e. The molecular weight excluding hydrogens is 165 g/mol. The van der Waals surface area contributed by atoms with Crippen molar-refractivity contribution in [2.24, 2.45) is 0 Å². The molecule has 0 bridgehead atoms. The Labute approximate surface area is 71.3 Å². The molecule has 0 aromatic carbocycles. The van der Waals surface area contributed by atoms with Gasteiger partial charge >= 0.3 is 0 Å². The Bertz CT molecular complexity index is 11.7. The molecule has 0 heterocycles. The molecule has 43 valence electrons. The van der Waals surface area contributed by atoms with Gasteiger partial charge in [0.2, 0.25) is 0 Å². The molecule has 0 rings (SSSR count). The molecule has 7 heavy (non-hydrogen) atoms. The summed E-state index contributed by atoms with van der Waals surface area (Å²) in [5.74, 6) is 0. The van der Waals surface area contributed by atoms with Gasteiger partial charge in [0.15, 0.2) is 0 Å². The topological polar surface area (TPSA) is 28.2 Å². The van der Waals surface area contributed by atoms with E-state index in [9.17, 15) is 0 Å². The Morgan fingerprint density at radius 2 is 0.714 bits per heavy atom. The summed E-state index contributed by atoms with van der Waals surface area (Å²) in [6.07, 6.45) is 0. The Kier molecular flexibility index (Phi) is 62.5. The van der Waals surface area contributed by atoms with E-state index in [1.165, 1.54) is 0 Å². The van der Waals surface area contributed by atoms with Gasteiger partial charge in [-0.15, -0.1) is 0 Å². The molecule has 0 aliphatic heterocycles. The van der Waals surface area contributed by atoms with Crippen LogP contribution in [0.1, 0.15) is 0 Å². The van der Waals surface area contributed by atoms with Crippen LogP contribution in [0, 0.1) is 0 Å². The van der Waals surface area contributed by atoms with E-state index in [0.29, 0.717) is 0 Å². The first kappa shape index (κ1) is 15.7. The minimum absolute atomic E-state index is 0. The Hall–Kier alpha value is 1.02. The second-order valence-corrected chi connectivity index (χ2v) is 0.894. The van der Waals surface area contributed by atoms with Crippen molar-refractivity contribution in [3.63, 3.8) is 0 Å². The van der Waals surface area contributed by atoms with Crippen molar-refractivity contribution in [2.45, 2.75) is 0 Å². The summed E-state index contributed by atoms with van der Waals surface area (Å²) in [5, 5.41) is 7.00. The van der Waals surface area contributed by atoms with E-state index in [4.69, 9.17) is 0 Å². The Morgan fingerprint density at radius 3 is 0.714 bits per heavy atom. The molecule has 0 aliphatic carbocycles. The van der Waals surface area contributed by atoms with E-state index < -0.39 is 0 Å². The molecule has 0 saturated carbocycles. The standard InChI is InChI=1S/2C2H6N.Y/c2*1-3-2;/h2*1-2H3;/q2*-1;. The quantitative estimate of drug-likeness (QED) is 0.532. The fourth-order valence-electron chi connectivity index (χ4n) is 0. The van der Waals surface area contributed by atoms with Crippen LogP contribution in [0.5, 0.6) is 0 Å². The normalized spacial score (nSPS) is 5.14. The SMILES string of the molecule is C[N-]C.C[N-]C.[Y]. The van der Waals surface area contributed by atoms with Crippen LogP contribution >= 0.6 is 0 Å². The molecule has 0 fully saturated rings. The van der Waals surface area contributed by atoms with Gasteiger partial charge in [-0.2, -0.15) is 28.2 Å². The molecule has 3 heteroatoms. The number of rotatable bonds is 0. The van der Waals surface area contributed by atoms with Crippen LogP contribution < -0.4 is 0 Å². The minimum atomic E-state index is 0. The summed E-state index contributed by atoms with van der Waals surface area (Å²) in [4.78, 5) is 0. The molecule has 0 aromatic rings. The summed E-state index contributed by atoms with van der Waals surface area (Å²) in [5.41, 5.74) is 0. The summed E-state index contributed by atoms with van der Waals surface area (Å²) in [6, 6.07) is 0. The first-order valence-electron chi connectivity index (χ1n) is 1.79. The van der Waals surface area contributed by atoms with E-state index in [0.717, 1.165) is 0 Å². The second kappa shape index (κ2) is 27.9. The van der Waals surface area contributed by atoms with Gasteiger partial charge in [0, 0.05) is 32.7 Å². The smallest absolute Gasteiger partial charge is 0 e. The van der Waals surface area contributed by atoms with Gasteiger partial charge in [-0.25, -0.2) is 0 Å². The number of hydrogen-bond donors (Lipinski definition) is 0. The fourth-order valence-corrected chi connectivity index (χ4v) is 0. The molecule has 1 radical (unpaired) electrons. The first-order chi connectivity index (χ1) is 2.83. The van der Waals surface area contributed by atoms with Crippen molar-refractivity contribution in [1.82, 2.24) is 0 Å². The van der Waals surface area contributed by atoms with Crippen molar-refractivity contribution in [2.75, 3.05) is 28.2 Å². The van der Waals surface area contributed by atoms with Crippen molar-refractivity contribution < 1.29 is 32.7 Å². The van der Waals surface area contributed by atoms with Crippen LogP contribution in [0.25, 0.3) is 10.6 Å². The summed E-state index contributed by atoms with van der Waals surface area (Å²) >= 11 is 0. The molecule has 0 amide bonds. The molecule has 0 saturated heterocycles. The fraction of sp³-hybridized carbons (Fsp3) is 1.00. The zero-order valence-electron chi connectivity index (χ0n) is 5.47. The van der Waals surface area contributed by atoms with Crippen molar-refractivity contribution in [1.29, 1.82) is 0 Å². The van der Waals surface area contributed by atoms with Crippen molar-refractivity contribution >= 4 is 0 Å².